The van der Waals surface area contributed by atoms with Crippen LogP contribution in [-0.2, 0) is 17.1 Å². The summed E-state index contributed by atoms with van der Waals surface area (Å²) in [5.74, 6) is 0. The van der Waals surface area contributed by atoms with Crippen molar-refractivity contribution in [2.24, 2.45) is 7.05 Å². The van der Waals surface area contributed by atoms with Crippen molar-refractivity contribution in [1.29, 1.82) is 0 Å². The fourth-order valence-electron chi connectivity index (χ4n) is 2.89. The molecule has 26 heavy (non-hydrogen) atoms. The lowest BCUT2D eigenvalue weighted by molar-refractivity contribution is 0.600. The van der Waals surface area contributed by atoms with Gasteiger partial charge in [-0.05, 0) is 55.8 Å². The second-order valence-electron chi connectivity index (χ2n) is 6.16. The molecule has 0 amide bonds. The van der Waals surface area contributed by atoms with Crippen molar-refractivity contribution < 1.29 is 8.42 Å². The monoisotopic (exact) mass is 388 g/mol. The molecule has 3 rings (SSSR count). The number of aromatic nitrogens is 3. The molecule has 1 heterocycles. The van der Waals surface area contributed by atoms with Gasteiger partial charge in [0.25, 0.3) is 10.0 Å². The van der Waals surface area contributed by atoms with Gasteiger partial charge in [-0.2, -0.15) is 0 Å². The Morgan fingerprint density at radius 3 is 2.35 bits per heavy atom. The van der Waals surface area contributed by atoms with Crippen LogP contribution >= 0.6 is 11.8 Å². The van der Waals surface area contributed by atoms with Crippen LogP contribution < -0.4 is 4.72 Å². The van der Waals surface area contributed by atoms with Crippen LogP contribution in [0.3, 0.4) is 0 Å². The average Bonchev–Trinajstić information content (AvgIpc) is 2.92. The minimum atomic E-state index is -3.71. The summed E-state index contributed by atoms with van der Waals surface area (Å²) in [6.45, 7) is 5.58. The molecule has 0 aliphatic rings. The molecule has 0 bridgehead atoms. The summed E-state index contributed by atoms with van der Waals surface area (Å²) in [6.07, 6.45) is 1.61. The summed E-state index contributed by atoms with van der Waals surface area (Å²) in [4.78, 5) is 1.08. The first-order chi connectivity index (χ1) is 12.3. The topological polar surface area (TPSA) is 76.9 Å². The van der Waals surface area contributed by atoms with Gasteiger partial charge in [-0.1, -0.05) is 29.8 Å². The summed E-state index contributed by atoms with van der Waals surface area (Å²) >= 11 is 1.36. The van der Waals surface area contributed by atoms with Crippen LogP contribution in [0.5, 0.6) is 0 Å². The Balaban J connectivity index is 1.98. The molecule has 0 aliphatic heterocycles. The van der Waals surface area contributed by atoms with Gasteiger partial charge in [0.05, 0.1) is 10.6 Å². The van der Waals surface area contributed by atoms with Gasteiger partial charge in [0.1, 0.15) is 6.33 Å². The molecule has 0 aliphatic carbocycles. The third kappa shape index (κ3) is 3.76. The molecule has 6 nitrogen and oxygen atoms in total. The molecule has 2 aromatic carbocycles. The Hall–Kier alpha value is -2.32. The molecule has 0 radical (unpaired) electrons. The van der Waals surface area contributed by atoms with E-state index in [4.69, 9.17) is 0 Å². The fraction of sp³-hybridized carbons (Fsp3) is 0.222. The first kappa shape index (κ1) is 18.5. The number of hydrogen-bond donors (Lipinski definition) is 1. The van der Waals surface area contributed by atoms with Crippen molar-refractivity contribution in [3.05, 3.63) is 59.4 Å². The molecule has 0 saturated carbocycles. The number of hydrogen-bond acceptors (Lipinski definition) is 5. The molecule has 8 heteroatoms. The minimum absolute atomic E-state index is 0.321. The van der Waals surface area contributed by atoms with Crippen LogP contribution in [-0.4, -0.2) is 23.2 Å². The molecule has 1 aromatic heterocycles. The molecular formula is C18H20N4O2S2. The lowest BCUT2D eigenvalue weighted by Gasteiger charge is -2.15. The lowest BCUT2D eigenvalue weighted by Crippen LogP contribution is -2.16. The van der Waals surface area contributed by atoms with Gasteiger partial charge in [-0.25, -0.2) is 8.42 Å². The maximum atomic E-state index is 13.0. The van der Waals surface area contributed by atoms with Gasteiger partial charge >= 0.3 is 0 Å². The van der Waals surface area contributed by atoms with Crippen LogP contribution in [0, 0.1) is 20.8 Å². The molecule has 136 valence electrons. The van der Waals surface area contributed by atoms with Gasteiger partial charge in [0.2, 0.25) is 0 Å². The zero-order chi connectivity index (χ0) is 18.9. The number of para-hydroxylation sites is 1. The molecule has 0 saturated heterocycles. The van der Waals surface area contributed by atoms with E-state index in [9.17, 15) is 8.42 Å². The second-order valence-corrected chi connectivity index (χ2v) is 8.78. The zero-order valence-electron chi connectivity index (χ0n) is 15.0. The largest absolute Gasteiger partial charge is 0.311 e. The Morgan fingerprint density at radius 1 is 1.08 bits per heavy atom. The predicted molar refractivity (Wildman–Crippen MR) is 103 cm³/mol. The standard InChI is InChI=1S/C18H20N4O2S2/c1-12-9-13(2)17(14(3)10-12)26(23,24)21-15-7-5-6-8-16(15)25-18-20-19-11-22(18)4/h5-11,21H,1-4H3. The molecule has 1 N–H and O–H groups in total. The Bertz CT molecular complexity index is 1040. The first-order valence-electron chi connectivity index (χ1n) is 7.99. The highest BCUT2D eigenvalue weighted by molar-refractivity contribution is 7.99. The number of benzene rings is 2. The van der Waals surface area contributed by atoms with Crippen molar-refractivity contribution in [3.63, 3.8) is 0 Å². The molecular weight excluding hydrogens is 368 g/mol. The van der Waals surface area contributed by atoms with Crippen molar-refractivity contribution >= 4 is 27.5 Å². The van der Waals surface area contributed by atoms with E-state index in [2.05, 4.69) is 14.9 Å². The molecule has 0 fully saturated rings. The average molecular weight is 389 g/mol. The Morgan fingerprint density at radius 2 is 1.73 bits per heavy atom. The van der Waals surface area contributed by atoms with E-state index in [-0.39, 0.29) is 0 Å². The minimum Gasteiger partial charge on any atom is -0.311 e. The molecule has 0 spiro atoms. The van der Waals surface area contributed by atoms with Crippen LogP contribution in [0.25, 0.3) is 0 Å². The molecule has 3 aromatic rings. The van der Waals surface area contributed by atoms with Crippen LogP contribution in [0.4, 0.5) is 5.69 Å². The molecule has 0 unspecified atom stereocenters. The van der Waals surface area contributed by atoms with Crippen molar-refractivity contribution in [3.8, 4) is 0 Å². The van der Waals surface area contributed by atoms with Crippen molar-refractivity contribution in [2.75, 3.05) is 4.72 Å². The Kier molecular flexibility index (Phi) is 5.06. The van der Waals surface area contributed by atoms with Crippen LogP contribution in [0.1, 0.15) is 16.7 Å². The van der Waals surface area contributed by atoms with Crippen LogP contribution in [0.15, 0.2) is 57.7 Å². The number of sulfonamides is 1. The zero-order valence-corrected chi connectivity index (χ0v) is 16.6. The highest BCUT2D eigenvalue weighted by Crippen LogP contribution is 2.34. The summed E-state index contributed by atoms with van der Waals surface area (Å²) < 4.78 is 30.6. The maximum absolute atomic E-state index is 13.0. The van der Waals surface area contributed by atoms with Gasteiger partial charge < -0.3 is 4.57 Å². The number of aryl methyl sites for hydroxylation is 4. The molecule has 0 atom stereocenters. The summed E-state index contributed by atoms with van der Waals surface area (Å²) in [5, 5.41) is 8.58. The smallest absolute Gasteiger partial charge is 0.262 e. The highest BCUT2D eigenvalue weighted by Gasteiger charge is 2.21. The highest BCUT2D eigenvalue weighted by atomic mass is 32.2. The quantitative estimate of drug-likeness (QED) is 0.721. The van der Waals surface area contributed by atoms with E-state index in [1.165, 1.54) is 11.8 Å². The van der Waals surface area contributed by atoms with Gasteiger partial charge in [0, 0.05) is 11.9 Å². The second kappa shape index (κ2) is 7.13. The lowest BCUT2D eigenvalue weighted by atomic mass is 10.1. The number of anilines is 1. The van der Waals surface area contributed by atoms with Gasteiger partial charge in [-0.15, -0.1) is 10.2 Å². The number of nitrogens with zero attached hydrogens (tertiary/aromatic N) is 3. The van der Waals surface area contributed by atoms with E-state index < -0.39 is 10.0 Å². The van der Waals surface area contributed by atoms with Gasteiger partial charge in [-0.3, -0.25) is 4.72 Å². The maximum Gasteiger partial charge on any atom is 0.262 e. The van der Waals surface area contributed by atoms with Crippen molar-refractivity contribution in [2.45, 2.75) is 35.7 Å². The van der Waals surface area contributed by atoms with Crippen LogP contribution in [0.2, 0.25) is 0 Å². The Labute approximate surface area is 157 Å². The van der Waals surface area contributed by atoms with E-state index >= 15 is 0 Å². The third-order valence-corrected chi connectivity index (χ3v) is 6.67. The predicted octanol–water partition coefficient (Wildman–Crippen LogP) is 3.69. The van der Waals surface area contributed by atoms with E-state index in [1.54, 1.807) is 23.0 Å². The fourth-order valence-corrected chi connectivity index (χ4v) is 5.34. The van der Waals surface area contributed by atoms with E-state index in [1.807, 2.05) is 52.1 Å². The summed E-state index contributed by atoms with van der Waals surface area (Å²) in [7, 11) is -1.87. The normalized spacial score (nSPS) is 11.5. The first-order valence-corrected chi connectivity index (χ1v) is 10.3. The van der Waals surface area contributed by atoms with Crippen molar-refractivity contribution in [1.82, 2.24) is 14.8 Å². The number of rotatable bonds is 5. The van der Waals surface area contributed by atoms with E-state index in [0.717, 1.165) is 21.6 Å². The SMILES string of the molecule is Cc1cc(C)c(S(=O)(=O)Nc2ccccc2Sc2nncn2C)c(C)c1. The number of nitrogens with one attached hydrogen (secondary N) is 1. The third-order valence-electron chi connectivity index (χ3n) is 3.88. The summed E-state index contributed by atoms with van der Waals surface area (Å²) in [6, 6.07) is 11.0. The van der Waals surface area contributed by atoms with E-state index in [0.29, 0.717) is 15.7 Å². The van der Waals surface area contributed by atoms with Gasteiger partial charge in [0.15, 0.2) is 5.16 Å². The summed E-state index contributed by atoms with van der Waals surface area (Å²) in [5.41, 5.74) is 3.01.